The molecule has 0 bridgehead atoms. The number of anilines is 1. The van der Waals surface area contributed by atoms with Crippen molar-refractivity contribution in [3.8, 4) is 34.5 Å². The zero-order valence-corrected chi connectivity index (χ0v) is 44.2. The largest absolute Gasteiger partial charge is 0.497 e. The Kier molecular flexibility index (Phi) is 18.9. The highest BCUT2D eigenvalue weighted by Crippen LogP contribution is 2.62. The Bertz CT molecular complexity index is 2880. The molecule has 0 radical (unpaired) electrons. The van der Waals surface area contributed by atoms with Crippen LogP contribution in [0.25, 0.3) is 0 Å². The molecule has 2 amide bonds. The van der Waals surface area contributed by atoms with Crippen LogP contribution in [0.3, 0.4) is 0 Å². The van der Waals surface area contributed by atoms with Crippen molar-refractivity contribution in [1.29, 1.82) is 0 Å². The summed E-state index contributed by atoms with van der Waals surface area (Å²) >= 11 is 0. The Morgan fingerprint density at radius 3 is 2.27 bits per heavy atom. The molecule has 2 aliphatic heterocycles. The molecule has 1 saturated carbocycles. The number of fused-ring (bicyclic) bond motifs is 3. The highest BCUT2D eigenvalue weighted by Gasteiger charge is 2.66. The van der Waals surface area contributed by atoms with Gasteiger partial charge < -0.3 is 57.7 Å². The molecule has 4 aliphatic rings. The van der Waals surface area contributed by atoms with Gasteiger partial charge >= 0.3 is 12.2 Å². The summed E-state index contributed by atoms with van der Waals surface area (Å²) in [6.07, 6.45) is 6.65. The minimum absolute atomic E-state index is 0.0150. The molecule has 1 fully saturated rings. The molecule has 78 heavy (non-hydrogen) atoms. The van der Waals surface area contributed by atoms with Crippen LogP contribution in [0, 0.1) is 17.8 Å². The second-order valence-corrected chi connectivity index (χ2v) is 19.6. The van der Waals surface area contributed by atoms with E-state index in [0.717, 1.165) is 40.7 Å². The zero-order chi connectivity index (χ0) is 54.3. The monoisotopic (exact) mass is 1070 g/mol. The number of unbranched alkanes of at least 4 members (excludes halogenated alkanes) is 2. The highest BCUT2D eigenvalue weighted by atomic mass is 16.7. The van der Waals surface area contributed by atoms with Gasteiger partial charge in [-0.15, -0.1) is 6.58 Å². The number of amides is 2. The number of hydrogen-bond acceptors (Lipinski definition) is 15. The molecule has 9 rings (SSSR count). The molecule has 3 N–H and O–H groups in total. The third kappa shape index (κ3) is 12.9. The fourth-order valence-corrected chi connectivity index (χ4v) is 11.2. The number of carbonyl (C=O) groups is 2. The number of methoxy groups -OCH3 is 2. The second-order valence-electron chi connectivity index (χ2n) is 19.6. The lowest BCUT2D eigenvalue weighted by atomic mass is 9.55. The third-order valence-corrected chi connectivity index (χ3v) is 14.7. The lowest BCUT2D eigenvalue weighted by Crippen LogP contribution is -2.70. The number of rotatable bonds is 26. The first-order chi connectivity index (χ1) is 38.2. The number of nitrogens with one attached hydrogen (secondary N) is 1. The van der Waals surface area contributed by atoms with Crippen LogP contribution < -0.4 is 33.7 Å². The quantitative estimate of drug-likeness (QED) is 0.0269. The summed E-state index contributed by atoms with van der Waals surface area (Å²) in [7, 11) is 3.04. The molecular formula is C61H69N3O14. The van der Waals surface area contributed by atoms with Gasteiger partial charge in [-0.25, -0.2) is 9.59 Å². The van der Waals surface area contributed by atoms with Crippen molar-refractivity contribution in [2.75, 3.05) is 59.4 Å². The Morgan fingerprint density at radius 1 is 0.795 bits per heavy atom. The zero-order valence-electron chi connectivity index (χ0n) is 44.2. The topological polar surface area (TPSA) is 195 Å². The standard InChI is InChI=1S/C61H69N3O14/c1-4-29-75-61-56(64(37-43-21-25-53-55(32-43)74-40-73-53)60(68)72-31-30-71-38-41-15-7-5-8-16-41)36-51(63-76-39-42-17-9-6-10-18-42)48-33-44(19-11-13-27-65)47(20-12-14-28-66)57(58(48)61)49-34-46(23-26-52(49)78-61)77-59(67)62-50-24-22-45(69-2)35-54(50)70-3/h4-10,15-18,21-26,32-35,44,47,56-58,65-66H,1,11-14,19-20,27-31,36-40H2,2-3H3,(H,62,67)/t44-,47+,56-,57+,58+,61+/m0/s1. The third-order valence-electron chi connectivity index (χ3n) is 14.7. The maximum Gasteiger partial charge on any atom is 0.417 e. The Balaban J connectivity index is 1.17. The fraction of sp³-hybridized carbons (Fsp3) is 0.393. The molecule has 17 nitrogen and oxygen atoms in total. The van der Waals surface area contributed by atoms with Crippen molar-refractivity contribution in [3.63, 3.8) is 0 Å². The Morgan fingerprint density at radius 2 is 1.53 bits per heavy atom. The van der Waals surface area contributed by atoms with E-state index in [-0.39, 0.29) is 77.0 Å². The van der Waals surface area contributed by atoms with Gasteiger partial charge in [0, 0.05) is 43.7 Å². The van der Waals surface area contributed by atoms with Crippen LogP contribution in [0.15, 0.2) is 145 Å². The van der Waals surface area contributed by atoms with E-state index in [4.69, 9.17) is 52.6 Å². The molecule has 17 heteroatoms. The molecule has 412 valence electrons. The lowest BCUT2D eigenvalue weighted by molar-refractivity contribution is -0.256. The van der Waals surface area contributed by atoms with Crippen LogP contribution in [0.2, 0.25) is 0 Å². The van der Waals surface area contributed by atoms with Crippen molar-refractivity contribution < 1.29 is 67.3 Å². The summed E-state index contributed by atoms with van der Waals surface area (Å²) in [5, 5.41) is 28.0. The van der Waals surface area contributed by atoms with Gasteiger partial charge in [0.15, 0.2) is 11.5 Å². The summed E-state index contributed by atoms with van der Waals surface area (Å²) < 4.78 is 55.3. The maximum atomic E-state index is 15.3. The number of nitrogens with zero attached hydrogens (tertiary/aromatic N) is 2. The van der Waals surface area contributed by atoms with Crippen molar-refractivity contribution in [2.24, 2.45) is 22.9 Å². The van der Waals surface area contributed by atoms with Gasteiger partial charge in [-0.05, 0) is 102 Å². The summed E-state index contributed by atoms with van der Waals surface area (Å²) in [6, 6.07) is 34.5. The average Bonchev–Trinajstić information content (AvgIpc) is 4.02. The predicted octanol–water partition coefficient (Wildman–Crippen LogP) is 10.7. The number of aliphatic hydroxyl groups excluding tert-OH is 2. The van der Waals surface area contributed by atoms with Crippen LogP contribution in [0.5, 0.6) is 34.5 Å². The number of allylic oxidation sites excluding steroid dienone is 1. The molecule has 0 spiro atoms. The maximum absolute atomic E-state index is 15.3. The van der Waals surface area contributed by atoms with E-state index in [2.05, 4.69) is 18.0 Å². The number of carbonyl (C=O) groups excluding carboxylic acids is 2. The normalized spacial score (nSPS) is 21.0. The van der Waals surface area contributed by atoms with Gasteiger partial charge in [0.05, 0.1) is 51.4 Å². The average molecular weight is 1070 g/mol. The van der Waals surface area contributed by atoms with E-state index in [1.165, 1.54) is 7.11 Å². The molecule has 5 aromatic rings. The molecule has 2 heterocycles. The second kappa shape index (κ2) is 26.7. The molecule has 2 aliphatic carbocycles. The van der Waals surface area contributed by atoms with Gasteiger partial charge in [0.25, 0.3) is 0 Å². The van der Waals surface area contributed by atoms with Crippen LogP contribution in [-0.2, 0) is 38.8 Å². The van der Waals surface area contributed by atoms with Crippen molar-refractivity contribution >= 4 is 23.6 Å². The van der Waals surface area contributed by atoms with Crippen LogP contribution >= 0.6 is 0 Å². The molecule has 0 saturated heterocycles. The summed E-state index contributed by atoms with van der Waals surface area (Å²) in [6.45, 7) is 4.85. The highest BCUT2D eigenvalue weighted by molar-refractivity contribution is 6.03. The molecule has 0 aromatic heterocycles. The number of benzene rings is 5. The van der Waals surface area contributed by atoms with E-state index in [9.17, 15) is 15.0 Å². The SMILES string of the molecule is C=CCO[C@@]12Oc3ccc(OC(=O)Nc4ccc(OC)cc4OC)cc3[C@H]3[C@H](CCCCO)[C@@H](CCCCO)C=C(C(=NOCc4ccccc4)C[C@@H]1N(Cc1ccc4c(c1)OCO4)C(=O)OCCOCc1ccccc1)[C@H]32. The molecule has 5 aromatic carbocycles. The van der Waals surface area contributed by atoms with E-state index in [0.29, 0.717) is 72.4 Å². The number of hydrogen-bond donors (Lipinski definition) is 3. The van der Waals surface area contributed by atoms with E-state index in [1.54, 1.807) is 48.4 Å². The van der Waals surface area contributed by atoms with Gasteiger partial charge in [-0.2, -0.15) is 0 Å². The summed E-state index contributed by atoms with van der Waals surface area (Å²) in [5.74, 6) is -0.147. The van der Waals surface area contributed by atoms with Crippen LogP contribution in [-0.4, -0.2) is 98.9 Å². The number of ether oxygens (including phenoxy) is 9. The number of aliphatic hydroxyl groups is 2. The van der Waals surface area contributed by atoms with Gasteiger partial charge in [-0.3, -0.25) is 10.2 Å². The van der Waals surface area contributed by atoms with E-state index >= 15 is 4.79 Å². The van der Waals surface area contributed by atoms with Gasteiger partial charge in [-0.1, -0.05) is 96.9 Å². The predicted molar refractivity (Wildman–Crippen MR) is 291 cm³/mol. The van der Waals surface area contributed by atoms with Crippen molar-refractivity contribution in [3.05, 3.63) is 162 Å². The first-order valence-corrected chi connectivity index (χ1v) is 26.6. The Hall–Kier alpha value is -7.57. The minimum atomic E-state index is -1.63. The van der Waals surface area contributed by atoms with Gasteiger partial charge in [0.2, 0.25) is 12.6 Å². The molecule has 0 unspecified atom stereocenters. The van der Waals surface area contributed by atoms with E-state index in [1.807, 2.05) is 84.9 Å². The molecular weight excluding hydrogens is 999 g/mol. The summed E-state index contributed by atoms with van der Waals surface area (Å²) in [4.78, 5) is 37.0. The van der Waals surface area contributed by atoms with Crippen LogP contribution in [0.4, 0.5) is 15.3 Å². The Labute approximate surface area is 455 Å². The summed E-state index contributed by atoms with van der Waals surface area (Å²) in [5.41, 5.74) is 5.18. The fourth-order valence-electron chi connectivity index (χ4n) is 11.2. The van der Waals surface area contributed by atoms with Gasteiger partial charge in [0.1, 0.15) is 42.3 Å². The first-order valence-electron chi connectivity index (χ1n) is 26.6. The van der Waals surface area contributed by atoms with Crippen molar-refractivity contribution in [2.45, 2.75) is 82.5 Å². The first kappa shape index (κ1) is 55.2. The minimum Gasteiger partial charge on any atom is -0.497 e. The van der Waals surface area contributed by atoms with Crippen LogP contribution in [0.1, 0.15) is 73.1 Å². The van der Waals surface area contributed by atoms with Crippen molar-refractivity contribution in [1.82, 2.24) is 4.90 Å². The van der Waals surface area contributed by atoms with E-state index < -0.39 is 35.9 Å². The lowest BCUT2D eigenvalue weighted by Gasteiger charge is -2.59. The molecule has 6 atom stereocenters. The smallest absolute Gasteiger partial charge is 0.417 e. The number of oxime groups is 1.